The zero-order chi connectivity index (χ0) is 18.5. The summed E-state index contributed by atoms with van der Waals surface area (Å²) in [4.78, 5) is 45.4. The molecule has 0 bridgehead atoms. The van der Waals surface area contributed by atoms with Crippen molar-refractivity contribution in [3.05, 3.63) is 0 Å². The van der Waals surface area contributed by atoms with Gasteiger partial charge in [0.25, 0.3) is 0 Å². The lowest BCUT2D eigenvalue weighted by Gasteiger charge is -2.20. The molecule has 0 aromatic rings. The SMILES string of the molecule is COC(=O)[C@H](CO)NC(=O)[C@H](CSCCCOC(C)=O)NC(C)=O. The molecule has 0 saturated heterocycles. The molecule has 138 valence electrons. The Bertz CT molecular complexity index is 445. The van der Waals surface area contributed by atoms with Gasteiger partial charge in [0.15, 0.2) is 6.04 Å². The zero-order valence-corrected chi connectivity index (χ0v) is 14.8. The van der Waals surface area contributed by atoms with Crippen LogP contribution < -0.4 is 10.6 Å². The van der Waals surface area contributed by atoms with Crippen molar-refractivity contribution in [3.8, 4) is 0 Å². The Balaban J connectivity index is 4.42. The lowest BCUT2D eigenvalue weighted by atomic mass is 10.2. The largest absolute Gasteiger partial charge is 0.467 e. The maximum atomic E-state index is 12.2. The topological polar surface area (TPSA) is 131 Å². The summed E-state index contributed by atoms with van der Waals surface area (Å²) < 4.78 is 9.25. The second-order valence-electron chi connectivity index (χ2n) is 4.79. The number of hydrogen-bond donors (Lipinski definition) is 3. The number of aliphatic hydroxyl groups excluding tert-OH is 1. The van der Waals surface area contributed by atoms with Crippen molar-refractivity contribution in [1.82, 2.24) is 10.6 Å². The van der Waals surface area contributed by atoms with Gasteiger partial charge in [-0.05, 0) is 12.2 Å². The van der Waals surface area contributed by atoms with E-state index in [0.29, 0.717) is 12.2 Å². The summed E-state index contributed by atoms with van der Waals surface area (Å²) in [5.41, 5.74) is 0. The lowest BCUT2D eigenvalue weighted by Crippen LogP contribution is -2.53. The molecule has 0 aliphatic carbocycles. The number of carbonyl (C=O) groups excluding carboxylic acids is 4. The second-order valence-corrected chi connectivity index (χ2v) is 5.94. The van der Waals surface area contributed by atoms with Gasteiger partial charge in [0, 0.05) is 19.6 Å². The number of methoxy groups -OCH3 is 1. The van der Waals surface area contributed by atoms with E-state index >= 15 is 0 Å². The predicted octanol–water partition coefficient (Wildman–Crippen LogP) is -1.17. The number of thioether (sulfide) groups is 1. The zero-order valence-electron chi connectivity index (χ0n) is 14.0. The van der Waals surface area contributed by atoms with Crippen LogP contribution in [0.4, 0.5) is 0 Å². The molecule has 0 fully saturated rings. The van der Waals surface area contributed by atoms with Crippen molar-refractivity contribution in [3.63, 3.8) is 0 Å². The van der Waals surface area contributed by atoms with Crippen LogP contribution in [-0.2, 0) is 28.7 Å². The van der Waals surface area contributed by atoms with Gasteiger partial charge < -0.3 is 25.2 Å². The highest BCUT2D eigenvalue weighted by molar-refractivity contribution is 7.99. The van der Waals surface area contributed by atoms with Crippen LogP contribution in [0.15, 0.2) is 0 Å². The van der Waals surface area contributed by atoms with E-state index in [-0.39, 0.29) is 18.3 Å². The minimum Gasteiger partial charge on any atom is -0.467 e. The Morgan fingerprint density at radius 2 is 1.79 bits per heavy atom. The third-order valence-electron chi connectivity index (χ3n) is 2.70. The number of hydrogen-bond acceptors (Lipinski definition) is 8. The molecule has 0 aliphatic heterocycles. The van der Waals surface area contributed by atoms with Crippen molar-refractivity contribution < 1.29 is 33.8 Å². The number of ether oxygens (including phenoxy) is 2. The maximum Gasteiger partial charge on any atom is 0.330 e. The molecule has 0 saturated carbocycles. The number of nitrogens with one attached hydrogen (secondary N) is 2. The number of carbonyl (C=O) groups is 4. The molecule has 9 nitrogen and oxygen atoms in total. The third kappa shape index (κ3) is 10.1. The maximum absolute atomic E-state index is 12.2. The first kappa shape index (κ1) is 22.2. The minimum atomic E-state index is -1.19. The van der Waals surface area contributed by atoms with Crippen LogP contribution in [0.5, 0.6) is 0 Å². The smallest absolute Gasteiger partial charge is 0.330 e. The van der Waals surface area contributed by atoms with E-state index in [1.54, 1.807) is 0 Å². The molecular formula is C14H24N2O7S. The summed E-state index contributed by atoms with van der Waals surface area (Å²) in [6.07, 6.45) is 0.611. The highest BCUT2D eigenvalue weighted by Gasteiger charge is 2.26. The molecule has 0 rings (SSSR count). The molecule has 0 aliphatic rings. The summed E-state index contributed by atoms with van der Waals surface area (Å²) in [6, 6.07) is -2.05. The third-order valence-corrected chi connectivity index (χ3v) is 3.85. The molecular weight excluding hydrogens is 340 g/mol. The average molecular weight is 364 g/mol. The van der Waals surface area contributed by atoms with Gasteiger partial charge in [-0.1, -0.05) is 0 Å². The summed E-state index contributed by atoms with van der Waals surface area (Å²) in [7, 11) is 1.14. The summed E-state index contributed by atoms with van der Waals surface area (Å²) in [5, 5.41) is 13.9. The highest BCUT2D eigenvalue weighted by atomic mass is 32.2. The average Bonchev–Trinajstić information content (AvgIpc) is 2.52. The molecule has 0 radical (unpaired) electrons. The Kier molecular flexibility index (Phi) is 11.6. The molecule has 0 spiro atoms. The van der Waals surface area contributed by atoms with Gasteiger partial charge in [0.1, 0.15) is 6.04 Å². The molecule has 24 heavy (non-hydrogen) atoms. The molecule has 0 unspecified atom stereocenters. The molecule has 0 aromatic heterocycles. The van der Waals surface area contributed by atoms with Gasteiger partial charge in [-0.3, -0.25) is 14.4 Å². The molecule has 0 heterocycles. The Hall–Kier alpha value is -1.81. The first-order valence-electron chi connectivity index (χ1n) is 7.29. The van der Waals surface area contributed by atoms with Crippen molar-refractivity contribution in [2.75, 3.05) is 31.8 Å². The number of amides is 2. The van der Waals surface area contributed by atoms with Gasteiger partial charge in [0.05, 0.1) is 20.3 Å². The van der Waals surface area contributed by atoms with E-state index < -0.39 is 36.5 Å². The summed E-state index contributed by atoms with van der Waals surface area (Å²) in [6.45, 7) is 2.27. The lowest BCUT2D eigenvalue weighted by molar-refractivity contribution is -0.146. The monoisotopic (exact) mass is 364 g/mol. The van der Waals surface area contributed by atoms with Crippen molar-refractivity contribution in [1.29, 1.82) is 0 Å². The van der Waals surface area contributed by atoms with Gasteiger partial charge in [-0.25, -0.2) is 4.79 Å². The molecule has 2 amide bonds. The fourth-order valence-electron chi connectivity index (χ4n) is 1.60. The Labute approximate surface area is 144 Å². The fourth-order valence-corrected chi connectivity index (χ4v) is 2.56. The standard InChI is InChI=1S/C14H24N2O7S/c1-9(18)15-12(8-24-6-4-5-23-10(2)19)13(20)16-11(7-17)14(21)22-3/h11-12,17H,4-8H2,1-3H3,(H,15,18)(H,16,20)/t11-,12-/m0/s1. The van der Waals surface area contributed by atoms with Gasteiger partial charge in [-0.2, -0.15) is 11.8 Å². The first-order chi connectivity index (χ1) is 11.3. The second kappa shape index (κ2) is 12.6. The van der Waals surface area contributed by atoms with Crippen molar-refractivity contribution >= 4 is 35.5 Å². The van der Waals surface area contributed by atoms with Crippen LogP contribution in [0, 0.1) is 0 Å². The number of rotatable bonds is 11. The normalized spacial score (nSPS) is 12.7. The molecule has 3 N–H and O–H groups in total. The van der Waals surface area contributed by atoms with Gasteiger partial charge >= 0.3 is 11.9 Å². The quantitative estimate of drug-likeness (QED) is 0.309. The van der Waals surface area contributed by atoms with Gasteiger partial charge in [0.2, 0.25) is 11.8 Å². The number of aliphatic hydroxyl groups is 1. The van der Waals surface area contributed by atoms with Crippen LogP contribution in [0.3, 0.4) is 0 Å². The van der Waals surface area contributed by atoms with Crippen LogP contribution in [0.1, 0.15) is 20.3 Å². The molecule has 0 aromatic carbocycles. The Morgan fingerprint density at radius 3 is 2.29 bits per heavy atom. The summed E-state index contributed by atoms with van der Waals surface area (Å²) >= 11 is 1.39. The van der Waals surface area contributed by atoms with Crippen molar-refractivity contribution in [2.24, 2.45) is 0 Å². The molecule has 10 heteroatoms. The van der Waals surface area contributed by atoms with Crippen LogP contribution in [-0.4, -0.2) is 72.8 Å². The minimum absolute atomic E-state index is 0.269. The first-order valence-corrected chi connectivity index (χ1v) is 8.44. The predicted molar refractivity (Wildman–Crippen MR) is 87.2 cm³/mol. The molecule has 2 atom stereocenters. The van der Waals surface area contributed by atoms with E-state index in [1.165, 1.54) is 25.6 Å². The van der Waals surface area contributed by atoms with Gasteiger partial charge in [-0.15, -0.1) is 0 Å². The van der Waals surface area contributed by atoms with Crippen LogP contribution >= 0.6 is 11.8 Å². The van der Waals surface area contributed by atoms with E-state index in [4.69, 9.17) is 9.84 Å². The van der Waals surface area contributed by atoms with E-state index in [0.717, 1.165) is 7.11 Å². The van der Waals surface area contributed by atoms with E-state index in [2.05, 4.69) is 15.4 Å². The number of esters is 2. The van der Waals surface area contributed by atoms with Crippen molar-refractivity contribution in [2.45, 2.75) is 32.4 Å². The van der Waals surface area contributed by atoms with E-state index in [9.17, 15) is 19.2 Å². The highest BCUT2D eigenvalue weighted by Crippen LogP contribution is 2.06. The summed E-state index contributed by atoms with van der Waals surface area (Å²) in [5.74, 6) is -1.23. The van der Waals surface area contributed by atoms with Crippen LogP contribution in [0.25, 0.3) is 0 Å². The Morgan fingerprint density at radius 1 is 1.12 bits per heavy atom. The van der Waals surface area contributed by atoms with Crippen LogP contribution in [0.2, 0.25) is 0 Å². The van der Waals surface area contributed by atoms with E-state index in [1.807, 2.05) is 0 Å². The fraction of sp³-hybridized carbons (Fsp3) is 0.714.